The van der Waals surface area contributed by atoms with Gasteiger partial charge >= 0.3 is 5.97 Å². The molecule has 0 fully saturated rings. The molecule has 0 aromatic heterocycles. The van der Waals surface area contributed by atoms with E-state index in [-0.39, 0.29) is 29.9 Å². The molecule has 5 nitrogen and oxygen atoms in total. The number of benzene rings is 2. The van der Waals surface area contributed by atoms with Crippen LogP contribution in [0.15, 0.2) is 42.5 Å². The maximum absolute atomic E-state index is 11.1. The van der Waals surface area contributed by atoms with Crippen molar-refractivity contribution in [1.29, 1.82) is 5.26 Å². The zero-order valence-corrected chi connectivity index (χ0v) is 15.3. The van der Waals surface area contributed by atoms with Crippen molar-refractivity contribution < 1.29 is 17.4 Å². The number of carbonyl (C=O) groups is 1. The smallest absolute Gasteiger partial charge is 0.332 e. The summed E-state index contributed by atoms with van der Waals surface area (Å²) in [4.78, 5) is 11.1. The zero-order valence-electron chi connectivity index (χ0n) is 17.3. The molecule has 0 saturated heterocycles. The molecule has 1 aliphatic heterocycles. The lowest BCUT2D eigenvalue weighted by Crippen LogP contribution is -2.12. The molecule has 5 heteroatoms. The number of carboxylic acid groups (broad SMARTS) is 1. The van der Waals surface area contributed by atoms with E-state index in [0.717, 1.165) is 5.56 Å². The number of carboxylic acids is 1. The van der Waals surface area contributed by atoms with Gasteiger partial charge in [0, 0.05) is 32.4 Å². The van der Waals surface area contributed by atoms with Gasteiger partial charge in [0.1, 0.15) is 11.8 Å². The first kappa shape index (κ1) is 16.0. The van der Waals surface area contributed by atoms with Crippen molar-refractivity contribution in [2.45, 2.75) is 26.1 Å². The summed E-state index contributed by atoms with van der Waals surface area (Å²) in [6.45, 7) is 7.44. The van der Waals surface area contributed by atoms with Gasteiger partial charge < -0.3 is 15.2 Å². The molecule has 1 heterocycles. The second kappa shape index (κ2) is 7.55. The Hall–Kier alpha value is -3.26. The van der Waals surface area contributed by atoms with E-state index in [1.54, 1.807) is 6.07 Å². The minimum Gasteiger partial charge on any atom is -0.492 e. The van der Waals surface area contributed by atoms with E-state index < -0.39 is 12.3 Å². The standard InChI is InChI=1S/C22H22N2O3/c1-13(2)15-4-6-16(7-5-15)18-10-20(24-12-14(3)22(25)26)19(11-23)17-8-9-27-21(17)18/h4-7,10,13,24H,3,8-9,12H2,1-2H3,(H,25,26)/i8D2. The van der Waals surface area contributed by atoms with Gasteiger partial charge in [-0.2, -0.15) is 5.26 Å². The van der Waals surface area contributed by atoms with Crippen molar-refractivity contribution in [2.24, 2.45) is 0 Å². The monoisotopic (exact) mass is 364 g/mol. The Labute approximate surface area is 161 Å². The molecule has 0 aliphatic carbocycles. The Bertz CT molecular complexity index is 1020. The predicted molar refractivity (Wildman–Crippen MR) is 105 cm³/mol. The largest absolute Gasteiger partial charge is 0.492 e. The second-order valence-electron chi connectivity index (χ2n) is 6.67. The van der Waals surface area contributed by atoms with Crippen LogP contribution in [0.2, 0.25) is 0 Å². The minimum atomic E-state index is -1.82. The molecule has 3 rings (SSSR count). The fourth-order valence-corrected chi connectivity index (χ4v) is 2.96. The van der Waals surface area contributed by atoms with Crippen LogP contribution < -0.4 is 10.1 Å². The van der Waals surface area contributed by atoms with Gasteiger partial charge in [-0.1, -0.05) is 44.7 Å². The number of nitrogens with one attached hydrogen (secondary N) is 1. The molecule has 2 N–H and O–H groups in total. The molecule has 0 bridgehead atoms. The van der Waals surface area contributed by atoms with E-state index in [2.05, 4.69) is 25.7 Å². The molecule has 0 amide bonds. The molecular weight excluding hydrogens is 340 g/mol. The molecule has 2 aromatic carbocycles. The summed E-state index contributed by atoms with van der Waals surface area (Å²) in [7, 11) is 0. The van der Waals surface area contributed by atoms with E-state index in [1.807, 2.05) is 30.3 Å². The number of hydrogen-bond acceptors (Lipinski definition) is 4. The molecule has 0 unspecified atom stereocenters. The van der Waals surface area contributed by atoms with Crippen LogP contribution >= 0.6 is 0 Å². The third-order valence-electron chi connectivity index (χ3n) is 4.54. The highest BCUT2D eigenvalue weighted by atomic mass is 16.5. The van der Waals surface area contributed by atoms with Gasteiger partial charge in [-0.25, -0.2) is 4.79 Å². The first-order valence-electron chi connectivity index (χ1n) is 9.65. The van der Waals surface area contributed by atoms with E-state index >= 15 is 0 Å². The maximum atomic E-state index is 11.1. The maximum Gasteiger partial charge on any atom is 0.332 e. The highest BCUT2D eigenvalue weighted by Gasteiger charge is 2.24. The average molecular weight is 364 g/mol. The first-order valence-corrected chi connectivity index (χ1v) is 8.65. The number of nitriles is 1. The van der Waals surface area contributed by atoms with Gasteiger partial charge in [0.2, 0.25) is 0 Å². The molecule has 0 atom stereocenters. The Morgan fingerprint density at radius 1 is 1.44 bits per heavy atom. The summed E-state index contributed by atoms with van der Waals surface area (Å²) in [5.41, 5.74) is 3.25. The van der Waals surface area contributed by atoms with E-state index in [1.165, 1.54) is 5.56 Å². The SMILES string of the molecule is [2H]C1([2H])COc2c(-c3ccc(C(C)C)cc3)cc(NCC(=C)C(=O)O)c(C#N)c21. The third-order valence-corrected chi connectivity index (χ3v) is 4.54. The summed E-state index contributed by atoms with van der Waals surface area (Å²) in [5, 5.41) is 21.7. The van der Waals surface area contributed by atoms with Crippen molar-refractivity contribution in [3.05, 3.63) is 59.2 Å². The normalized spacial score (nSPS) is 15.2. The molecule has 0 radical (unpaired) electrons. The van der Waals surface area contributed by atoms with E-state index in [0.29, 0.717) is 22.9 Å². The van der Waals surface area contributed by atoms with Gasteiger partial charge in [0.25, 0.3) is 0 Å². The van der Waals surface area contributed by atoms with Crippen molar-refractivity contribution in [1.82, 2.24) is 0 Å². The fourth-order valence-electron chi connectivity index (χ4n) is 2.96. The van der Waals surface area contributed by atoms with Crippen LogP contribution in [-0.2, 0) is 11.2 Å². The van der Waals surface area contributed by atoms with Gasteiger partial charge in [-0.15, -0.1) is 0 Å². The van der Waals surface area contributed by atoms with Crippen molar-refractivity contribution in [3.8, 4) is 22.9 Å². The lowest BCUT2D eigenvalue weighted by molar-refractivity contribution is -0.132. The first-order chi connectivity index (χ1) is 13.7. The number of nitrogens with zero attached hydrogens (tertiary/aromatic N) is 1. The number of ether oxygens (including phenoxy) is 1. The molecule has 0 saturated carbocycles. The number of fused-ring (bicyclic) bond motifs is 1. The third kappa shape index (κ3) is 3.65. The quantitative estimate of drug-likeness (QED) is 0.745. The van der Waals surface area contributed by atoms with Crippen LogP contribution in [-0.4, -0.2) is 24.2 Å². The molecule has 27 heavy (non-hydrogen) atoms. The number of aliphatic carboxylic acids is 1. The van der Waals surface area contributed by atoms with Crippen LogP contribution in [0, 0.1) is 11.3 Å². The molecule has 1 aliphatic rings. The van der Waals surface area contributed by atoms with Gasteiger partial charge in [-0.3, -0.25) is 0 Å². The summed E-state index contributed by atoms with van der Waals surface area (Å²) in [5.74, 6) is -0.410. The second-order valence-corrected chi connectivity index (χ2v) is 6.67. The van der Waals surface area contributed by atoms with Gasteiger partial charge in [0.05, 0.1) is 17.9 Å². The number of anilines is 1. The van der Waals surface area contributed by atoms with Crippen molar-refractivity contribution >= 4 is 11.7 Å². The number of hydrogen-bond donors (Lipinski definition) is 2. The Morgan fingerprint density at radius 2 is 2.15 bits per heavy atom. The number of rotatable bonds is 6. The molecule has 2 aromatic rings. The Kier molecular flexibility index (Phi) is 4.46. The topological polar surface area (TPSA) is 82.3 Å². The van der Waals surface area contributed by atoms with Crippen LogP contribution in [0.4, 0.5) is 5.69 Å². The van der Waals surface area contributed by atoms with Crippen LogP contribution in [0.25, 0.3) is 11.1 Å². The van der Waals surface area contributed by atoms with E-state index in [9.17, 15) is 10.1 Å². The highest BCUT2D eigenvalue weighted by molar-refractivity contribution is 5.87. The Morgan fingerprint density at radius 3 is 2.74 bits per heavy atom. The lowest BCUT2D eigenvalue weighted by atomic mass is 9.94. The van der Waals surface area contributed by atoms with Gasteiger partial charge in [-0.05, 0) is 23.1 Å². The summed E-state index contributed by atoms with van der Waals surface area (Å²) >= 11 is 0. The minimum absolute atomic E-state index is 0.0588. The van der Waals surface area contributed by atoms with Gasteiger partial charge in [0.15, 0.2) is 0 Å². The lowest BCUT2D eigenvalue weighted by Gasteiger charge is -2.16. The van der Waals surface area contributed by atoms with Crippen LogP contribution in [0.3, 0.4) is 0 Å². The fraction of sp³-hybridized carbons (Fsp3) is 0.273. The average Bonchev–Trinajstić information content (AvgIpc) is 3.00. The molecular formula is C22H22N2O3. The summed E-state index contributed by atoms with van der Waals surface area (Å²) in [6, 6.07) is 11.6. The Balaban J connectivity index is 2.15. The highest BCUT2D eigenvalue weighted by Crippen LogP contribution is 2.42. The molecule has 138 valence electrons. The summed E-state index contributed by atoms with van der Waals surface area (Å²) < 4.78 is 22.3. The summed E-state index contributed by atoms with van der Waals surface area (Å²) in [6.07, 6.45) is -1.82. The van der Waals surface area contributed by atoms with Crippen molar-refractivity contribution in [2.75, 3.05) is 18.5 Å². The molecule has 0 spiro atoms. The van der Waals surface area contributed by atoms with Crippen LogP contribution in [0.1, 0.15) is 39.2 Å². The van der Waals surface area contributed by atoms with E-state index in [4.69, 9.17) is 12.6 Å². The van der Waals surface area contributed by atoms with Crippen LogP contribution in [0.5, 0.6) is 5.75 Å². The predicted octanol–water partition coefficient (Wildman–Crippen LogP) is 4.34. The van der Waals surface area contributed by atoms with Crippen molar-refractivity contribution in [3.63, 3.8) is 0 Å². The zero-order chi connectivity index (χ0) is 21.3.